The molecule has 0 aromatic heterocycles. The van der Waals surface area contributed by atoms with Gasteiger partial charge in [-0.15, -0.1) is 0 Å². The van der Waals surface area contributed by atoms with E-state index in [1.54, 1.807) is 18.3 Å². The van der Waals surface area contributed by atoms with Crippen LogP contribution in [0.25, 0.3) is 0 Å². The van der Waals surface area contributed by atoms with E-state index >= 15 is 0 Å². The second kappa shape index (κ2) is 5.74. The fourth-order valence-corrected chi connectivity index (χ4v) is 3.37. The molecular formula is C18H23NO. The number of hydrogen-bond donors (Lipinski definition) is 0. The zero-order valence-corrected chi connectivity index (χ0v) is 12.4. The SMILES string of the molecule is COc1cccc(CC2C3=C(C=CN2C)CCCC3)c1. The molecule has 1 aromatic rings. The highest BCUT2D eigenvalue weighted by Crippen LogP contribution is 2.34. The van der Waals surface area contributed by atoms with Crippen molar-refractivity contribution < 1.29 is 4.74 Å². The molecule has 0 amide bonds. The zero-order valence-electron chi connectivity index (χ0n) is 12.4. The van der Waals surface area contributed by atoms with Crippen LogP contribution in [0.2, 0.25) is 0 Å². The molecule has 0 fully saturated rings. The lowest BCUT2D eigenvalue weighted by Crippen LogP contribution is -2.35. The van der Waals surface area contributed by atoms with Crippen molar-refractivity contribution in [2.24, 2.45) is 0 Å². The Morgan fingerprint density at radius 2 is 2.10 bits per heavy atom. The lowest BCUT2D eigenvalue weighted by molar-refractivity contribution is 0.343. The fraction of sp³-hybridized carbons (Fsp3) is 0.444. The normalized spacial score (nSPS) is 21.9. The Kier molecular flexibility index (Phi) is 3.81. The van der Waals surface area contributed by atoms with Gasteiger partial charge in [-0.05, 0) is 73.2 Å². The van der Waals surface area contributed by atoms with Gasteiger partial charge in [0.25, 0.3) is 0 Å². The van der Waals surface area contributed by atoms with Crippen LogP contribution in [0.4, 0.5) is 0 Å². The van der Waals surface area contributed by atoms with Crippen LogP contribution < -0.4 is 4.74 Å². The minimum Gasteiger partial charge on any atom is -0.497 e. The summed E-state index contributed by atoms with van der Waals surface area (Å²) in [5.74, 6) is 0.953. The molecule has 106 valence electrons. The molecule has 0 radical (unpaired) electrons. The molecule has 1 atom stereocenters. The molecule has 0 spiro atoms. The highest BCUT2D eigenvalue weighted by molar-refractivity contribution is 5.37. The number of nitrogens with zero attached hydrogens (tertiary/aromatic N) is 1. The van der Waals surface area contributed by atoms with E-state index in [-0.39, 0.29) is 0 Å². The third-order valence-corrected chi connectivity index (χ3v) is 4.52. The number of methoxy groups -OCH3 is 1. The van der Waals surface area contributed by atoms with Crippen LogP contribution in [0, 0.1) is 0 Å². The minimum absolute atomic E-state index is 0.516. The third-order valence-electron chi connectivity index (χ3n) is 4.52. The molecule has 0 saturated carbocycles. The Morgan fingerprint density at radius 3 is 2.95 bits per heavy atom. The molecule has 1 heterocycles. The van der Waals surface area contributed by atoms with Gasteiger partial charge in [-0.25, -0.2) is 0 Å². The summed E-state index contributed by atoms with van der Waals surface area (Å²) in [5.41, 5.74) is 4.60. The predicted octanol–water partition coefficient (Wildman–Crippen LogP) is 3.94. The van der Waals surface area contributed by atoms with Crippen molar-refractivity contribution in [3.05, 3.63) is 53.3 Å². The van der Waals surface area contributed by atoms with E-state index in [2.05, 4.69) is 42.4 Å². The Morgan fingerprint density at radius 1 is 1.25 bits per heavy atom. The lowest BCUT2D eigenvalue weighted by atomic mass is 9.83. The second-order valence-electron chi connectivity index (χ2n) is 5.81. The van der Waals surface area contributed by atoms with Crippen LogP contribution in [-0.4, -0.2) is 25.1 Å². The van der Waals surface area contributed by atoms with Gasteiger partial charge in [-0.2, -0.15) is 0 Å². The van der Waals surface area contributed by atoms with Crippen LogP contribution in [0.15, 0.2) is 47.7 Å². The van der Waals surface area contributed by atoms with Gasteiger partial charge >= 0.3 is 0 Å². The molecule has 1 aliphatic carbocycles. The van der Waals surface area contributed by atoms with Crippen molar-refractivity contribution in [1.29, 1.82) is 0 Å². The Balaban J connectivity index is 1.84. The van der Waals surface area contributed by atoms with Gasteiger partial charge in [0.1, 0.15) is 5.75 Å². The average Bonchev–Trinajstić information content (AvgIpc) is 2.50. The monoisotopic (exact) mass is 269 g/mol. The Labute approximate surface area is 121 Å². The maximum Gasteiger partial charge on any atom is 0.119 e. The summed E-state index contributed by atoms with van der Waals surface area (Å²) >= 11 is 0. The standard InChI is InChI=1S/C18H23NO/c1-19-11-10-15-7-3-4-9-17(15)18(19)13-14-6-5-8-16(12-14)20-2/h5-6,8,10-12,18H,3-4,7,9,13H2,1-2H3. The number of hydrogen-bond acceptors (Lipinski definition) is 2. The van der Waals surface area contributed by atoms with Gasteiger partial charge in [0.2, 0.25) is 0 Å². The minimum atomic E-state index is 0.516. The molecular weight excluding hydrogens is 246 g/mol. The number of allylic oxidation sites excluding steroid dienone is 2. The zero-order chi connectivity index (χ0) is 13.9. The first-order chi connectivity index (χ1) is 9.78. The molecule has 1 aliphatic heterocycles. The van der Waals surface area contributed by atoms with Crippen molar-refractivity contribution in [1.82, 2.24) is 4.90 Å². The highest BCUT2D eigenvalue weighted by atomic mass is 16.5. The van der Waals surface area contributed by atoms with Gasteiger partial charge in [0, 0.05) is 7.05 Å². The molecule has 20 heavy (non-hydrogen) atoms. The van der Waals surface area contributed by atoms with Crippen molar-refractivity contribution in [3.63, 3.8) is 0 Å². The Bertz CT molecular complexity index is 544. The first-order valence-electron chi connectivity index (χ1n) is 7.53. The molecule has 2 aliphatic rings. The van der Waals surface area contributed by atoms with Gasteiger partial charge in [-0.3, -0.25) is 0 Å². The van der Waals surface area contributed by atoms with E-state index in [0.29, 0.717) is 6.04 Å². The summed E-state index contributed by atoms with van der Waals surface area (Å²) in [4.78, 5) is 2.36. The summed E-state index contributed by atoms with van der Waals surface area (Å²) < 4.78 is 5.34. The molecule has 0 bridgehead atoms. The van der Waals surface area contributed by atoms with E-state index in [4.69, 9.17) is 4.74 Å². The Hall–Kier alpha value is -1.70. The maximum absolute atomic E-state index is 5.34. The summed E-state index contributed by atoms with van der Waals surface area (Å²) in [6.07, 6.45) is 10.8. The van der Waals surface area contributed by atoms with E-state index in [9.17, 15) is 0 Å². The van der Waals surface area contributed by atoms with Crippen LogP contribution in [-0.2, 0) is 6.42 Å². The third kappa shape index (κ3) is 2.60. The van der Waals surface area contributed by atoms with Crippen molar-refractivity contribution in [3.8, 4) is 5.75 Å². The van der Waals surface area contributed by atoms with Crippen molar-refractivity contribution in [2.75, 3.05) is 14.2 Å². The second-order valence-corrected chi connectivity index (χ2v) is 5.81. The van der Waals surface area contributed by atoms with E-state index in [1.807, 2.05) is 6.07 Å². The largest absolute Gasteiger partial charge is 0.497 e. The smallest absolute Gasteiger partial charge is 0.119 e. The quantitative estimate of drug-likeness (QED) is 0.824. The molecule has 2 heteroatoms. The number of rotatable bonds is 3. The first-order valence-corrected chi connectivity index (χ1v) is 7.53. The van der Waals surface area contributed by atoms with Gasteiger partial charge in [0.05, 0.1) is 13.2 Å². The molecule has 2 nitrogen and oxygen atoms in total. The molecule has 0 saturated heterocycles. The van der Waals surface area contributed by atoms with Gasteiger partial charge < -0.3 is 9.64 Å². The summed E-state index contributed by atoms with van der Waals surface area (Å²) in [6.45, 7) is 0. The maximum atomic E-state index is 5.34. The predicted molar refractivity (Wildman–Crippen MR) is 82.9 cm³/mol. The number of ether oxygens (including phenoxy) is 1. The van der Waals surface area contributed by atoms with Crippen molar-refractivity contribution >= 4 is 0 Å². The topological polar surface area (TPSA) is 12.5 Å². The number of likely N-dealkylation sites (N-methyl/N-ethyl adjacent to an activating group) is 1. The summed E-state index contributed by atoms with van der Waals surface area (Å²) in [7, 11) is 3.93. The lowest BCUT2D eigenvalue weighted by Gasteiger charge is -2.36. The molecule has 3 rings (SSSR count). The van der Waals surface area contributed by atoms with Crippen LogP contribution >= 0.6 is 0 Å². The van der Waals surface area contributed by atoms with E-state index in [0.717, 1.165) is 12.2 Å². The highest BCUT2D eigenvalue weighted by Gasteiger charge is 2.25. The van der Waals surface area contributed by atoms with Gasteiger partial charge in [0.15, 0.2) is 0 Å². The summed E-state index contributed by atoms with van der Waals surface area (Å²) in [6, 6.07) is 8.98. The van der Waals surface area contributed by atoms with Crippen LogP contribution in [0.1, 0.15) is 31.2 Å². The molecule has 1 unspecified atom stereocenters. The molecule has 1 aromatic carbocycles. The first kappa shape index (κ1) is 13.3. The van der Waals surface area contributed by atoms with E-state index < -0.39 is 0 Å². The summed E-state index contributed by atoms with van der Waals surface area (Å²) in [5, 5.41) is 0. The van der Waals surface area contributed by atoms with Crippen LogP contribution in [0.5, 0.6) is 5.75 Å². The average molecular weight is 269 g/mol. The fourth-order valence-electron chi connectivity index (χ4n) is 3.37. The van der Waals surface area contributed by atoms with Crippen LogP contribution in [0.3, 0.4) is 0 Å². The molecule has 0 N–H and O–H groups in total. The van der Waals surface area contributed by atoms with Gasteiger partial charge in [-0.1, -0.05) is 12.1 Å². The van der Waals surface area contributed by atoms with E-state index in [1.165, 1.54) is 31.2 Å². The number of benzene rings is 1. The van der Waals surface area contributed by atoms with Crippen molar-refractivity contribution in [2.45, 2.75) is 38.1 Å².